The molecular formula is C16H17FN2O2. The van der Waals surface area contributed by atoms with Gasteiger partial charge in [-0.15, -0.1) is 0 Å². The number of para-hydroxylation sites is 3. The second-order valence-corrected chi connectivity index (χ2v) is 4.73. The van der Waals surface area contributed by atoms with E-state index >= 15 is 0 Å². The molecule has 0 spiro atoms. The Balaban J connectivity index is 2.41. The van der Waals surface area contributed by atoms with Crippen molar-refractivity contribution in [2.45, 2.75) is 19.9 Å². The van der Waals surface area contributed by atoms with Gasteiger partial charge in [-0.05, 0) is 25.1 Å². The highest BCUT2D eigenvalue weighted by Crippen LogP contribution is 2.35. The average Bonchev–Trinajstić information content (AvgIpc) is 2.42. The van der Waals surface area contributed by atoms with Crippen LogP contribution in [0.2, 0.25) is 0 Å². The summed E-state index contributed by atoms with van der Waals surface area (Å²) < 4.78 is 19.7. The Morgan fingerprint density at radius 1 is 1.24 bits per heavy atom. The summed E-state index contributed by atoms with van der Waals surface area (Å²) in [6, 6.07) is 11.1. The molecule has 0 aliphatic heterocycles. The molecule has 2 rings (SSSR count). The van der Waals surface area contributed by atoms with Crippen molar-refractivity contribution in [2.75, 3.05) is 5.32 Å². The molecule has 0 aromatic heterocycles. The van der Waals surface area contributed by atoms with Crippen LogP contribution in [0.3, 0.4) is 0 Å². The molecule has 1 unspecified atom stereocenters. The third-order valence-corrected chi connectivity index (χ3v) is 2.90. The number of amides is 1. The number of rotatable bonds is 4. The fourth-order valence-electron chi connectivity index (χ4n) is 1.95. The van der Waals surface area contributed by atoms with E-state index in [-0.39, 0.29) is 17.7 Å². The van der Waals surface area contributed by atoms with Crippen LogP contribution in [0.25, 0.3) is 0 Å². The number of carbonyl (C=O) groups is 1. The van der Waals surface area contributed by atoms with Crippen molar-refractivity contribution in [3.63, 3.8) is 0 Å². The predicted molar refractivity (Wildman–Crippen MR) is 79.8 cm³/mol. The Bertz CT molecular complexity index is 656. The summed E-state index contributed by atoms with van der Waals surface area (Å²) in [4.78, 5) is 11.2. The smallest absolute Gasteiger partial charge is 0.221 e. The fourth-order valence-corrected chi connectivity index (χ4v) is 1.95. The lowest BCUT2D eigenvalue weighted by atomic mass is 10.1. The van der Waals surface area contributed by atoms with Gasteiger partial charge in [0.1, 0.15) is 0 Å². The maximum absolute atomic E-state index is 14.0. The lowest BCUT2D eigenvalue weighted by Gasteiger charge is -2.16. The molecule has 0 heterocycles. The highest BCUT2D eigenvalue weighted by Gasteiger charge is 2.15. The molecule has 0 radical (unpaired) electrons. The lowest BCUT2D eigenvalue weighted by Crippen LogP contribution is -2.09. The number of hydrogen-bond acceptors (Lipinski definition) is 3. The first-order valence-electron chi connectivity index (χ1n) is 6.57. The van der Waals surface area contributed by atoms with Crippen molar-refractivity contribution < 1.29 is 13.9 Å². The number of ether oxygens (including phenoxy) is 1. The van der Waals surface area contributed by atoms with E-state index in [0.29, 0.717) is 17.0 Å². The van der Waals surface area contributed by atoms with Gasteiger partial charge in [-0.1, -0.05) is 24.3 Å². The van der Waals surface area contributed by atoms with Gasteiger partial charge in [0.2, 0.25) is 5.91 Å². The third kappa shape index (κ3) is 3.58. The summed E-state index contributed by atoms with van der Waals surface area (Å²) in [5.74, 6) is -0.292. The van der Waals surface area contributed by atoms with E-state index in [2.05, 4.69) is 5.32 Å². The molecule has 4 nitrogen and oxygen atoms in total. The van der Waals surface area contributed by atoms with Crippen LogP contribution in [0.1, 0.15) is 25.5 Å². The van der Waals surface area contributed by atoms with Crippen LogP contribution in [0.5, 0.6) is 11.5 Å². The van der Waals surface area contributed by atoms with Crippen molar-refractivity contribution in [3.05, 3.63) is 53.8 Å². The molecule has 2 aromatic carbocycles. The number of carbonyl (C=O) groups excluding carboxylic acids is 1. The molecular weight excluding hydrogens is 271 g/mol. The first kappa shape index (κ1) is 15.0. The predicted octanol–water partition coefficient (Wildman–Crippen LogP) is 3.60. The van der Waals surface area contributed by atoms with Crippen LogP contribution < -0.4 is 15.8 Å². The van der Waals surface area contributed by atoms with Gasteiger partial charge >= 0.3 is 0 Å². The minimum atomic E-state index is -0.498. The molecule has 110 valence electrons. The molecule has 0 fully saturated rings. The first-order valence-corrected chi connectivity index (χ1v) is 6.57. The van der Waals surface area contributed by atoms with Crippen molar-refractivity contribution in [1.82, 2.24) is 0 Å². The normalized spacial score (nSPS) is 11.8. The summed E-state index contributed by atoms with van der Waals surface area (Å²) >= 11 is 0. The molecule has 0 saturated carbocycles. The largest absolute Gasteiger partial charge is 0.452 e. The summed E-state index contributed by atoms with van der Waals surface area (Å²) in [6.07, 6.45) is 0. The van der Waals surface area contributed by atoms with Crippen LogP contribution in [0.4, 0.5) is 10.1 Å². The monoisotopic (exact) mass is 288 g/mol. The second-order valence-electron chi connectivity index (χ2n) is 4.73. The molecule has 0 saturated heterocycles. The van der Waals surface area contributed by atoms with E-state index in [1.165, 1.54) is 13.0 Å². The number of anilines is 1. The summed E-state index contributed by atoms with van der Waals surface area (Å²) in [6.45, 7) is 3.15. The van der Waals surface area contributed by atoms with Gasteiger partial charge in [0, 0.05) is 18.5 Å². The number of nitrogens with two attached hydrogens (primary N) is 1. The van der Waals surface area contributed by atoms with E-state index in [1.807, 2.05) is 0 Å². The fraction of sp³-hybridized carbons (Fsp3) is 0.188. The van der Waals surface area contributed by atoms with Gasteiger partial charge < -0.3 is 15.8 Å². The molecule has 5 heteroatoms. The quantitative estimate of drug-likeness (QED) is 0.903. The minimum absolute atomic E-state index is 0.0744. The number of hydrogen-bond donors (Lipinski definition) is 2. The van der Waals surface area contributed by atoms with Crippen molar-refractivity contribution in [1.29, 1.82) is 0 Å². The molecule has 21 heavy (non-hydrogen) atoms. The Hall–Kier alpha value is -2.40. The Labute approximate surface area is 122 Å². The molecule has 1 atom stereocenters. The standard InChI is InChI=1S/C16H17FN2O2/c1-10(18)12-6-5-7-13(17)16(12)21-15-9-4-3-8-14(15)19-11(2)20/h3-10H,18H2,1-2H3,(H,19,20). The SMILES string of the molecule is CC(=O)Nc1ccccc1Oc1c(F)cccc1C(C)N. The van der Waals surface area contributed by atoms with Gasteiger partial charge in [-0.3, -0.25) is 4.79 Å². The molecule has 1 amide bonds. The van der Waals surface area contributed by atoms with Crippen molar-refractivity contribution >= 4 is 11.6 Å². The summed E-state index contributed by atoms with van der Waals surface area (Å²) in [7, 11) is 0. The molecule has 0 bridgehead atoms. The lowest BCUT2D eigenvalue weighted by molar-refractivity contribution is -0.114. The van der Waals surface area contributed by atoms with Crippen molar-refractivity contribution in [2.24, 2.45) is 5.73 Å². The van der Waals surface area contributed by atoms with E-state index < -0.39 is 5.82 Å². The average molecular weight is 288 g/mol. The minimum Gasteiger partial charge on any atom is -0.452 e. The van der Waals surface area contributed by atoms with Gasteiger partial charge in [-0.25, -0.2) is 4.39 Å². The maximum Gasteiger partial charge on any atom is 0.221 e. The van der Waals surface area contributed by atoms with Gasteiger partial charge in [0.25, 0.3) is 0 Å². The van der Waals surface area contributed by atoms with E-state index in [1.54, 1.807) is 43.3 Å². The Morgan fingerprint density at radius 3 is 2.62 bits per heavy atom. The molecule has 2 aromatic rings. The van der Waals surface area contributed by atoms with E-state index in [0.717, 1.165) is 0 Å². The Morgan fingerprint density at radius 2 is 1.95 bits per heavy atom. The van der Waals surface area contributed by atoms with Crippen LogP contribution >= 0.6 is 0 Å². The second kappa shape index (κ2) is 6.37. The van der Waals surface area contributed by atoms with E-state index in [9.17, 15) is 9.18 Å². The summed E-state index contributed by atoms with van der Waals surface area (Å²) in [5.41, 5.74) is 6.88. The number of nitrogens with one attached hydrogen (secondary N) is 1. The third-order valence-electron chi connectivity index (χ3n) is 2.90. The van der Waals surface area contributed by atoms with Gasteiger partial charge in [-0.2, -0.15) is 0 Å². The van der Waals surface area contributed by atoms with E-state index in [4.69, 9.17) is 10.5 Å². The zero-order chi connectivity index (χ0) is 15.4. The molecule has 3 N–H and O–H groups in total. The highest BCUT2D eigenvalue weighted by molar-refractivity contribution is 5.90. The zero-order valence-corrected chi connectivity index (χ0v) is 11.9. The number of benzene rings is 2. The van der Waals surface area contributed by atoms with Crippen LogP contribution in [0.15, 0.2) is 42.5 Å². The van der Waals surface area contributed by atoms with Crippen LogP contribution in [0, 0.1) is 5.82 Å². The van der Waals surface area contributed by atoms with Crippen molar-refractivity contribution in [3.8, 4) is 11.5 Å². The molecule has 0 aliphatic rings. The highest BCUT2D eigenvalue weighted by atomic mass is 19.1. The number of halogens is 1. The van der Waals surface area contributed by atoms with Gasteiger partial charge in [0.05, 0.1) is 5.69 Å². The topological polar surface area (TPSA) is 64.3 Å². The van der Waals surface area contributed by atoms with Crippen LogP contribution in [-0.2, 0) is 4.79 Å². The zero-order valence-electron chi connectivity index (χ0n) is 11.9. The molecule has 0 aliphatic carbocycles. The Kier molecular flexibility index (Phi) is 4.55. The maximum atomic E-state index is 14.0. The van der Waals surface area contributed by atoms with Gasteiger partial charge in [0.15, 0.2) is 17.3 Å². The summed E-state index contributed by atoms with van der Waals surface area (Å²) in [5, 5.41) is 2.64. The first-order chi connectivity index (χ1) is 9.99. The van der Waals surface area contributed by atoms with Crippen LogP contribution in [-0.4, -0.2) is 5.91 Å².